The molecule has 0 atom stereocenters. The third-order valence-electron chi connectivity index (χ3n) is 2.56. The zero-order valence-corrected chi connectivity index (χ0v) is 10.4. The number of hydrogen-bond donors (Lipinski definition) is 3. The SMILES string of the molecule is CCCC(C)(C)NC(=O)c1ccc(O)c(O)c1. The average molecular weight is 237 g/mol. The highest BCUT2D eigenvalue weighted by Gasteiger charge is 2.20. The summed E-state index contributed by atoms with van der Waals surface area (Å²) < 4.78 is 0. The van der Waals surface area contributed by atoms with Crippen LogP contribution in [0.25, 0.3) is 0 Å². The molecule has 0 heterocycles. The molecule has 1 rings (SSSR count). The fourth-order valence-electron chi connectivity index (χ4n) is 1.73. The van der Waals surface area contributed by atoms with E-state index in [9.17, 15) is 9.90 Å². The van der Waals surface area contributed by atoms with Gasteiger partial charge in [0.15, 0.2) is 11.5 Å². The van der Waals surface area contributed by atoms with Gasteiger partial charge in [0.25, 0.3) is 5.91 Å². The zero-order chi connectivity index (χ0) is 13.1. The second kappa shape index (κ2) is 5.08. The van der Waals surface area contributed by atoms with Crippen LogP contribution >= 0.6 is 0 Å². The summed E-state index contributed by atoms with van der Waals surface area (Å²) in [5.74, 6) is -0.765. The smallest absolute Gasteiger partial charge is 0.251 e. The van der Waals surface area contributed by atoms with E-state index in [1.54, 1.807) is 0 Å². The first kappa shape index (κ1) is 13.4. The number of carbonyl (C=O) groups excluding carboxylic acids is 1. The number of hydrogen-bond acceptors (Lipinski definition) is 3. The lowest BCUT2D eigenvalue weighted by molar-refractivity contribution is 0.0908. The number of nitrogens with one attached hydrogen (secondary N) is 1. The van der Waals surface area contributed by atoms with E-state index in [1.165, 1.54) is 18.2 Å². The van der Waals surface area contributed by atoms with Gasteiger partial charge >= 0.3 is 0 Å². The van der Waals surface area contributed by atoms with Gasteiger partial charge in [-0.2, -0.15) is 0 Å². The van der Waals surface area contributed by atoms with Gasteiger partial charge < -0.3 is 15.5 Å². The van der Waals surface area contributed by atoms with Crippen LogP contribution in [0.15, 0.2) is 18.2 Å². The molecule has 0 saturated carbocycles. The first-order chi connectivity index (χ1) is 7.85. The molecule has 0 bridgehead atoms. The topological polar surface area (TPSA) is 69.6 Å². The highest BCUT2D eigenvalue weighted by Crippen LogP contribution is 2.25. The van der Waals surface area contributed by atoms with Crippen molar-refractivity contribution in [2.24, 2.45) is 0 Å². The number of aromatic hydroxyl groups is 2. The molecular formula is C13H19NO3. The molecule has 0 spiro atoms. The minimum atomic E-state index is -0.286. The van der Waals surface area contributed by atoms with Gasteiger partial charge in [-0.05, 0) is 38.5 Å². The van der Waals surface area contributed by atoms with Crippen molar-refractivity contribution in [3.8, 4) is 11.5 Å². The number of rotatable bonds is 4. The minimum Gasteiger partial charge on any atom is -0.504 e. The van der Waals surface area contributed by atoms with Crippen LogP contribution in [0.3, 0.4) is 0 Å². The Morgan fingerprint density at radius 3 is 2.47 bits per heavy atom. The van der Waals surface area contributed by atoms with Crippen molar-refractivity contribution in [3.05, 3.63) is 23.8 Å². The van der Waals surface area contributed by atoms with Crippen molar-refractivity contribution in [2.75, 3.05) is 0 Å². The van der Waals surface area contributed by atoms with E-state index in [0.717, 1.165) is 12.8 Å². The van der Waals surface area contributed by atoms with E-state index in [-0.39, 0.29) is 22.9 Å². The number of amides is 1. The highest BCUT2D eigenvalue weighted by atomic mass is 16.3. The van der Waals surface area contributed by atoms with Gasteiger partial charge in [-0.1, -0.05) is 13.3 Å². The van der Waals surface area contributed by atoms with Crippen molar-refractivity contribution in [2.45, 2.75) is 39.2 Å². The van der Waals surface area contributed by atoms with Gasteiger partial charge in [-0.25, -0.2) is 0 Å². The lowest BCUT2D eigenvalue weighted by Crippen LogP contribution is -2.43. The molecule has 0 aliphatic heterocycles. The summed E-state index contributed by atoms with van der Waals surface area (Å²) in [7, 11) is 0. The van der Waals surface area contributed by atoms with E-state index in [4.69, 9.17) is 5.11 Å². The number of benzene rings is 1. The lowest BCUT2D eigenvalue weighted by Gasteiger charge is -2.25. The van der Waals surface area contributed by atoms with Gasteiger partial charge in [0.2, 0.25) is 0 Å². The van der Waals surface area contributed by atoms with Crippen molar-refractivity contribution in [1.82, 2.24) is 5.32 Å². The quantitative estimate of drug-likeness (QED) is 0.704. The molecule has 4 heteroatoms. The van der Waals surface area contributed by atoms with E-state index in [0.29, 0.717) is 5.56 Å². The van der Waals surface area contributed by atoms with Gasteiger partial charge in [-0.15, -0.1) is 0 Å². The van der Waals surface area contributed by atoms with E-state index >= 15 is 0 Å². The molecule has 0 fully saturated rings. The summed E-state index contributed by atoms with van der Waals surface area (Å²) in [6.07, 6.45) is 1.86. The van der Waals surface area contributed by atoms with Crippen molar-refractivity contribution in [3.63, 3.8) is 0 Å². The van der Waals surface area contributed by atoms with Crippen LogP contribution in [0.1, 0.15) is 44.0 Å². The zero-order valence-electron chi connectivity index (χ0n) is 10.4. The Hall–Kier alpha value is -1.71. The maximum atomic E-state index is 11.9. The number of phenols is 2. The predicted molar refractivity (Wildman–Crippen MR) is 66.2 cm³/mol. The summed E-state index contributed by atoms with van der Waals surface area (Å²) >= 11 is 0. The maximum absolute atomic E-state index is 11.9. The molecule has 0 aliphatic carbocycles. The molecule has 1 aromatic carbocycles. The van der Waals surface area contributed by atoms with E-state index < -0.39 is 0 Å². The molecule has 1 aromatic rings. The molecule has 0 aliphatic rings. The van der Waals surface area contributed by atoms with E-state index in [1.807, 2.05) is 13.8 Å². The van der Waals surface area contributed by atoms with Crippen LogP contribution in [0.5, 0.6) is 11.5 Å². The Balaban J connectivity index is 2.80. The Kier molecular flexibility index (Phi) is 3.99. The van der Waals surface area contributed by atoms with Crippen LogP contribution in [-0.2, 0) is 0 Å². The molecule has 3 N–H and O–H groups in total. The third kappa shape index (κ3) is 3.66. The first-order valence-electron chi connectivity index (χ1n) is 5.70. The van der Waals surface area contributed by atoms with Gasteiger partial charge in [0, 0.05) is 11.1 Å². The summed E-state index contributed by atoms with van der Waals surface area (Å²) in [5, 5.41) is 21.4. The Labute approximate surface area is 101 Å². The summed E-state index contributed by atoms with van der Waals surface area (Å²) in [4.78, 5) is 11.9. The molecule has 0 radical (unpaired) electrons. The third-order valence-corrected chi connectivity index (χ3v) is 2.56. The molecule has 0 aromatic heterocycles. The second-order valence-corrected chi connectivity index (χ2v) is 4.79. The predicted octanol–water partition coefficient (Wildman–Crippen LogP) is 2.41. The fraction of sp³-hybridized carbons (Fsp3) is 0.462. The summed E-state index contributed by atoms with van der Waals surface area (Å²) in [6, 6.07) is 4.04. The molecule has 17 heavy (non-hydrogen) atoms. The van der Waals surface area contributed by atoms with Gasteiger partial charge in [-0.3, -0.25) is 4.79 Å². The summed E-state index contributed by atoms with van der Waals surface area (Å²) in [6.45, 7) is 5.96. The largest absolute Gasteiger partial charge is 0.504 e. The lowest BCUT2D eigenvalue weighted by atomic mass is 9.98. The molecule has 4 nitrogen and oxygen atoms in total. The van der Waals surface area contributed by atoms with Crippen LogP contribution in [-0.4, -0.2) is 21.7 Å². The monoisotopic (exact) mass is 237 g/mol. The van der Waals surface area contributed by atoms with Crippen LogP contribution in [0, 0.1) is 0 Å². The number of phenolic OH excluding ortho intramolecular Hbond substituents is 2. The van der Waals surface area contributed by atoms with Gasteiger partial charge in [0.1, 0.15) is 0 Å². The molecule has 94 valence electrons. The normalized spacial score (nSPS) is 11.2. The van der Waals surface area contributed by atoms with Crippen molar-refractivity contribution < 1.29 is 15.0 Å². The molecule has 0 saturated heterocycles. The first-order valence-corrected chi connectivity index (χ1v) is 5.70. The highest BCUT2D eigenvalue weighted by molar-refractivity contribution is 5.95. The van der Waals surface area contributed by atoms with Crippen molar-refractivity contribution >= 4 is 5.91 Å². The average Bonchev–Trinajstić information content (AvgIpc) is 2.21. The molecule has 0 unspecified atom stereocenters. The molecule has 1 amide bonds. The maximum Gasteiger partial charge on any atom is 0.251 e. The van der Waals surface area contributed by atoms with Crippen LogP contribution in [0.4, 0.5) is 0 Å². The van der Waals surface area contributed by atoms with E-state index in [2.05, 4.69) is 12.2 Å². The van der Waals surface area contributed by atoms with Crippen LogP contribution < -0.4 is 5.32 Å². The standard InChI is InChI=1S/C13H19NO3/c1-4-7-13(2,3)14-12(17)9-5-6-10(15)11(16)8-9/h5-6,8,15-16H,4,7H2,1-3H3,(H,14,17). The van der Waals surface area contributed by atoms with Crippen LogP contribution in [0.2, 0.25) is 0 Å². The summed E-state index contributed by atoms with van der Waals surface area (Å²) in [5.41, 5.74) is 0.0590. The van der Waals surface area contributed by atoms with Crippen molar-refractivity contribution in [1.29, 1.82) is 0 Å². The van der Waals surface area contributed by atoms with Gasteiger partial charge in [0.05, 0.1) is 0 Å². The minimum absolute atomic E-state index is 0.227. The molecular weight excluding hydrogens is 218 g/mol. The Bertz CT molecular complexity index is 413. The number of carbonyl (C=O) groups is 1. The Morgan fingerprint density at radius 1 is 1.29 bits per heavy atom. The second-order valence-electron chi connectivity index (χ2n) is 4.79. The fourth-order valence-corrected chi connectivity index (χ4v) is 1.73. The Morgan fingerprint density at radius 2 is 1.94 bits per heavy atom.